The maximum absolute atomic E-state index is 12.6. The molecule has 0 unspecified atom stereocenters. The van der Waals surface area contributed by atoms with Gasteiger partial charge in [0.2, 0.25) is 0 Å². The Morgan fingerprint density at radius 2 is 1.90 bits per heavy atom. The molecule has 1 aromatic carbocycles. The molecular formula is C21H26N4O5. The molecule has 0 aliphatic carbocycles. The first-order valence-electron chi connectivity index (χ1n) is 9.79. The number of benzene rings is 1. The number of carbonyl (C=O) groups excluding carboxylic acids is 1. The molecule has 0 atom stereocenters. The van der Waals surface area contributed by atoms with Crippen LogP contribution in [0.1, 0.15) is 31.7 Å². The van der Waals surface area contributed by atoms with Crippen LogP contribution in [-0.4, -0.2) is 37.9 Å². The fraction of sp³-hybridized carbons (Fsp3) is 0.429. The standard InChI is InChI=1S/C21H26N4O5/c1-14(2)15-8-5-6-9-16(15)30-12-17(26)29-11-7-10-25-20(27)18-19(22-13-23(18)3)24(4)21(25)28/h5-6,8-9,13-14H,7,10-12H2,1-4H3. The predicted octanol–water partition coefficient (Wildman–Crippen LogP) is 1.57. The van der Waals surface area contributed by atoms with E-state index in [2.05, 4.69) is 18.8 Å². The van der Waals surface area contributed by atoms with Crippen LogP contribution in [0.25, 0.3) is 11.2 Å². The Morgan fingerprint density at radius 3 is 2.63 bits per heavy atom. The van der Waals surface area contributed by atoms with E-state index < -0.39 is 17.2 Å². The van der Waals surface area contributed by atoms with Gasteiger partial charge in [-0.1, -0.05) is 32.0 Å². The SMILES string of the molecule is CC(C)c1ccccc1OCC(=O)OCCCn1c(=O)c2c(ncn2C)n(C)c1=O. The highest BCUT2D eigenvalue weighted by atomic mass is 16.6. The minimum absolute atomic E-state index is 0.0764. The number of aryl methyl sites for hydroxylation is 2. The predicted molar refractivity (Wildman–Crippen MR) is 112 cm³/mol. The van der Waals surface area contributed by atoms with Crippen LogP contribution in [0.15, 0.2) is 40.2 Å². The Bertz CT molecular complexity index is 1170. The molecule has 2 heterocycles. The number of aromatic nitrogens is 4. The van der Waals surface area contributed by atoms with E-state index in [9.17, 15) is 14.4 Å². The second-order valence-electron chi connectivity index (χ2n) is 7.38. The van der Waals surface area contributed by atoms with Crippen molar-refractivity contribution >= 4 is 17.1 Å². The Balaban J connectivity index is 1.56. The monoisotopic (exact) mass is 414 g/mol. The van der Waals surface area contributed by atoms with Crippen molar-refractivity contribution in [1.82, 2.24) is 18.7 Å². The molecule has 3 aromatic rings. The lowest BCUT2D eigenvalue weighted by Crippen LogP contribution is -2.39. The third kappa shape index (κ3) is 4.29. The molecule has 3 rings (SSSR count). The molecule has 30 heavy (non-hydrogen) atoms. The fourth-order valence-corrected chi connectivity index (χ4v) is 3.27. The van der Waals surface area contributed by atoms with Crippen LogP contribution in [0.2, 0.25) is 0 Å². The van der Waals surface area contributed by atoms with Crippen molar-refractivity contribution in [2.75, 3.05) is 13.2 Å². The van der Waals surface area contributed by atoms with Gasteiger partial charge in [-0.15, -0.1) is 0 Å². The van der Waals surface area contributed by atoms with Crippen LogP contribution in [-0.2, 0) is 30.2 Å². The van der Waals surface area contributed by atoms with Gasteiger partial charge in [-0.05, 0) is 24.0 Å². The van der Waals surface area contributed by atoms with E-state index in [0.717, 1.165) is 10.1 Å². The topological polar surface area (TPSA) is 97.3 Å². The van der Waals surface area contributed by atoms with Crippen LogP contribution in [0, 0.1) is 0 Å². The van der Waals surface area contributed by atoms with E-state index in [1.165, 1.54) is 10.9 Å². The molecule has 9 heteroatoms. The van der Waals surface area contributed by atoms with Gasteiger partial charge in [0.05, 0.1) is 12.9 Å². The number of esters is 1. The highest BCUT2D eigenvalue weighted by Gasteiger charge is 2.15. The van der Waals surface area contributed by atoms with Gasteiger partial charge in [0.25, 0.3) is 5.56 Å². The van der Waals surface area contributed by atoms with Crippen molar-refractivity contribution in [2.45, 2.75) is 32.7 Å². The largest absolute Gasteiger partial charge is 0.482 e. The van der Waals surface area contributed by atoms with Gasteiger partial charge in [0.1, 0.15) is 5.75 Å². The first-order chi connectivity index (χ1) is 14.3. The molecule has 0 bridgehead atoms. The zero-order valence-corrected chi connectivity index (χ0v) is 17.6. The lowest BCUT2D eigenvalue weighted by Gasteiger charge is -2.13. The van der Waals surface area contributed by atoms with Crippen molar-refractivity contribution in [3.63, 3.8) is 0 Å². The van der Waals surface area contributed by atoms with E-state index in [0.29, 0.717) is 23.3 Å². The summed E-state index contributed by atoms with van der Waals surface area (Å²) < 4.78 is 14.8. The summed E-state index contributed by atoms with van der Waals surface area (Å²) in [5.41, 5.74) is 0.852. The molecule has 0 aliphatic rings. The van der Waals surface area contributed by atoms with Gasteiger partial charge in [0.15, 0.2) is 17.8 Å². The molecule has 2 aromatic heterocycles. The quantitative estimate of drug-likeness (QED) is 0.410. The average molecular weight is 414 g/mol. The summed E-state index contributed by atoms with van der Waals surface area (Å²) in [4.78, 5) is 41.1. The summed E-state index contributed by atoms with van der Waals surface area (Å²) in [5.74, 6) is 0.426. The second kappa shape index (κ2) is 8.98. The summed E-state index contributed by atoms with van der Waals surface area (Å²) in [6, 6.07) is 7.56. The lowest BCUT2D eigenvalue weighted by atomic mass is 10.0. The molecule has 0 fully saturated rings. The van der Waals surface area contributed by atoms with E-state index >= 15 is 0 Å². The van der Waals surface area contributed by atoms with Gasteiger partial charge in [-0.3, -0.25) is 13.9 Å². The summed E-state index contributed by atoms with van der Waals surface area (Å²) in [6.07, 6.45) is 1.82. The Labute approximate surface area is 173 Å². The zero-order chi connectivity index (χ0) is 21.8. The maximum atomic E-state index is 12.6. The minimum Gasteiger partial charge on any atom is -0.482 e. The number of ether oxygens (including phenoxy) is 2. The third-order valence-corrected chi connectivity index (χ3v) is 4.88. The Kier molecular flexibility index (Phi) is 6.39. The number of rotatable bonds is 8. The summed E-state index contributed by atoms with van der Waals surface area (Å²) in [7, 11) is 3.27. The number of hydrogen-bond donors (Lipinski definition) is 0. The molecule has 0 N–H and O–H groups in total. The lowest BCUT2D eigenvalue weighted by molar-refractivity contribution is -0.146. The van der Waals surface area contributed by atoms with Gasteiger partial charge in [-0.2, -0.15) is 0 Å². The molecule has 0 radical (unpaired) electrons. The maximum Gasteiger partial charge on any atom is 0.344 e. The van der Waals surface area contributed by atoms with Crippen LogP contribution in [0.3, 0.4) is 0 Å². The van der Waals surface area contributed by atoms with Crippen molar-refractivity contribution in [2.24, 2.45) is 14.1 Å². The first-order valence-corrected chi connectivity index (χ1v) is 9.79. The van der Waals surface area contributed by atoms with Crippen molar-refractivity contribution in [1.29, 1.82) is 0 Å². The van der Waals surface area contributed by atoms with Gasteiger partial charge in [0, 0.05) is 20.6 Å². The molecule has 9 nitrogen and oxygen atoms in total. The smallest absolute Gasteiger partial charge is 0.344 e. The summed E-state index contributed by atoms with van der Waals surface area (Å²) in [6.45, 7) is 4.11. The number of nitrogens with zero attached hydrogens (tertiary/aromatic N) is 4. The normalized spacial score (nSPS) is 11.2. The van der Waals surface area contributed by atoms with Gasteiger partial charge >= 0.3 is 11.7 Å². The highest BCUT2D eigenvalue weighted by Crippen LogP contribution is 2.25. The van der Waals surface area contributed by atoms with Gasteiger partial charge in [-0.25, -0.2) is 14.6 Å². The van der Waals surface area contributed by atoms with Crippen LogP contribution in [0.5, 0.6) is 5.75 Å². The van der Waals surface area contributed by atoms with Crippen molar-refractivity contribution in [3.05, 3.63) is 57.0 Å². The molecule has 0 saturated carbocycles. The minimum atomic E-state index is -0.504. The second-order valence-corrected chi connectivity index (χ2v) is 7.38. The average Bonchev–Trinajstić information content (AvgIpc) is 3.12. The van der Waals surface area contributed by atoms with E-state index in [4.69, 9.17) is 9.47 Å². The number of imidazole rings is 1. The Hall–Kier alpha value is -3.36. The number of carbonyl (C=O) groups is 1. The molecule has 160 valence electrons. The Morgan fingerprint density at radius 1 is 1.17 bits per heavy atom. The van der Waals surface area contributed by atoms with Crippen molar-refractivity contribution < 1.29 is 14.3 Å². The van der Waals surface area contributed by atoms with E-state index in [1.807, 2.05) is 24.3 Å². The summed E-state index contributed by atoms with van der Waals surface area (Å²) >= 11 is 0. The van der Waals surface area contributed by atoms with Crippen LogP contribution < -0.4 is 16.0 Å². The molecule has 0 aliphatic heterocycles. The third-order valence-electron chi connectivity index (χ3n) is 4.88. The number of para-hydroxylation sites is 1. The van der Waals surface area contributed by atoms with Crippen LogP contribution >= 0.6 is 0 Å². The molecule has 0 spiro atoms. The van der Waals surface area contributed by atoms with E-state index in [-0.39, 0.29) is 25.7 Å². The summed E-state index contributed by atoms with van der Waals surface area (Å²) in [5, 5.41) is 0. The van der Waals surface area contributed by atoms with Gasteiger partial charge < -0.3 is 14.0 Å². The number of hydrogen-bond acceptors (Lipinski definition) is 6. The number of fused-ring (bicyclic) bond motifs is 1. The zero-order valence-electron chi connectivity index (χ0n) is 17.6. The molecular weight excluding hydrogens is 388 g/mol. The fourth-order valence-electron chi connectivity index (χ4n) is 3.27. The van der Waals surface area contributed by atoms with E-state index in [1.54, 1.807) is 18.7 Å². The first kappa shape index (κ1) is 21.4. The molecule has 0 saturated heterocycles. The highest BCUT2D eigenvalue weighted by molar-refractivity contribution is 5.71. The molecule has 0 amide bonds. The van der Waals surface area contributed by atoms with Crippen LogP contribution in [0.4, 0.5) is 0 Å². The van der Waals surface area contributed by atoms with Crippen molar-refractivity contribution in [3.8, 4) is 5.75 Å².